The molecule has 0 aliphatic rings. The number of non-ortho nitro benzene ring substituents is 1. The van der Waals surface area contributed by atoms with Crippen LogP contribution in [0.2, 0.25) is 5.02 Å². The number of halogens is 1. The molecule has 2 aromatic carbocycles. The summed E-state index contributed by atoms with van der Waals surface area (Å²) >= 11 is 6.13. The highest BCUT2D eigenvalue weighted by atomic mass is 35.5. The number of hydrogen-bond acceptors (Lipinski definition) is 4. The van der Waals surface area contributed by atoms with Crippen LogP contribution in [0, 0.1) is 10.1 Å². The van der Waals surface area contributed by atoms with Gasteiger partial charge in [-0.15, -0.1) is 0 Å². The molecule has 0 amide bonds. The Morgan fingerprint density at radius 3 is 2.71 bits per heavy atom. The lowest BCUT2D eigenvalue weighted by Crippen LogP contribution is -2.05. The van der Waals surface area contributed by atoms with Gasteiger partial charge in [-0.05, 0) is 30.2 Å². The SMILES string of the molecule is C[C@@H](N)c1ccc(OCc2cccc([N+](=O)[O-])c2)c(Cl)c1. The first kappa shape index (κ1) is 15.3. The van der Waals surface area contributed by atoms with Gasteiger partial charge in [0.25, 0.3) is 5.69 Å². The third kappa shape index (κ3) is 3.93. The van der Waals surface area contributed by atoms with Crippen molar-refractivity contribution in [3.63, 3.8) is 0 Å². The number of ether oxygens (including phenoxy) is 1. The van der Waals surface area contributed by atoms with Gasteiger partial charge in [-0.1, -0.05) is 29.8 Å². The maximum Gasteiger partial charge on any atom is 0.269 e. The van der Waals surface area contributed by atoms with Crippen LogP contribution in [-0.2, 0) is 6.61 Å². The number of benzene rings is 2. The molecule has 21 heavy (non-hydrogen) atoms. The molecule has 6 heteroatoms. The van der Waals surface area contributed by atoms with Gasteiger partial charge in [0.15, 0.2) is 0 Å². The zero-order valence-electron chi connectivity index (χ0n) is 11.5. The molecule has 0 saturated carbocycles. The van der Waals surface area contributed by atoms with Crippen LogP contribution in [0.15, 0.2) is 42.5 Å². The normalized spacial score (nSPS) is 12.0. The van der Waals surface area contributed by atoms with Crippen LogP contribution in [0.1, 0.15) is 24.1 Å². The van der Waals surface area contributed by atoms with Gasteiger partial charge in [-0.25, -0.2) is 0 Å². The van der Waals surface area contributed by atoms with E-state index in [4.69, 9.17) is 22.1 Å². The molecule has 0 heterocycles. The summed E-state index contributed by atoms with van der Waals surface area (Å²) in [6.45, 7) is 2.08. The fraction of sp³-hybridized carbons (Fsp3) is 0.200. The van der Waals surface area contributed by atoms with Gasteiger partial charge in [0.1, 0.15) is 12.4 Å². The summed E-state index contributed by atoms with van der Waals surface area (Å²) in [6.07, 6.45) is 0. The van der Waals surface area contributed by atoms with Gasteiger partial charge in [-0.3, -0.25) is 10.1 Å². The average Bonchev–Trinajstić information content (AvgIpc) is 2.46. The van der Waals surface area contributed by atoms with Gasteiger partial charge < -0.3 is 10.5 Å². The van der Waals surface area contributed by atoms with E-state index in [2.05, 4.69) is 0 Å². The number of nitro groups is 1. The first-order valence-corrected chi connectivity index (χ1v) is 6.76. The standard InChI is InChI=1S/C15H15ClN2O3/c1-10(17)12-5-6-15(14(16)8-12)21-9-11-3-2-4-13(7-11)18(19)20/h2-8,10H,9,17H2,1H3/t10-/m1/s1. The van der Waals surface area contributed by atoms with Crippen molar-refractivity contribution in [2.24, 2.45) is 5.73 Å². The molecular weight excluding hydrogens is 292 g/mol. The van der Waals surface area contributed by atoms with Crippen molar-refractivity contribution in [3.05, 3.63) is 68.7 Å². The highest BCUT2D eigenvalue weighted by Gasteiger charge is 2.08. The van der Waals surface area contributed by atoms with Crippen LogP contribution in [-0.4, -0.2) is 4.92 Å². The zero-order chi connectivity index (χ0) is 15.4. The van der Waals surface area contributed by atoms with Crippen molar-refractivity contribution < 1.29 is 9.66 Å². The molecule has 0 aliphatic carbocycles. The first-order chi connectivity index (χ1) is 9.97. The monoisotopic (exact) mass is 306 g/mol. The fourth-order valence-corrected chi connectivity index (χ4v) is 2.08. The quantitative estimate of drug-likeness (QED) is 0.672. The largest absolute Gasteiger partial charge is 0.487 e. The van der Waals surface area contributed by atoms with E-state index >= 15 is 0 Å². The second kappa shape index (κ2) is 6.56. The fourth-order valence-electron chi connectivity index (χ4n) is 1.84. The van der Waals surface area contributed by atoms with Gasteiger partial charge >= 0.3 is 0 Å². The summed E-state index contributed by atoms with van der Waals surface area (Å²) in [4.78, 5) is 10.3. The average molecular weight is 307 g/mol. The molecule has 0 saturated heterocycles. The Balaban J connectivity index is 2.09. The van der Waals surface area contributed by atoms with Crippen molar-refractivity contribution >= 4 is 17.3 Å². The van der Waals surface area contributed by atoms with Gasteiger partial charge in [0, 0.05) is 18.2 Å². The lowest BCUT2D eigenvalue weighted by Gasteiger charge is -2.11. The third-order valence-electron chi connectivity index (χ3n) is 3.00. The van der Waals surface area contributed by atoms with E-state index in [1.807, 2.05) is 13.0 Å². The summed E-state index contributed by atoms with van der Waals surface area (Å²) < 4.78 is 5.60. The summed E-state index contributed by atoms with van der Waals surface area (Å²) in [5.41, 5.74) is 7.44. The van der Waals surface area contributed by atoms with E-state index in [1.54, 1.807) is 24.3 Å². The van der Waals surface area contributed by atoms with Crippen LogP contribution < -0.4 is 10.5 Å². The van der Waals surface area contributed by atoms with Crippen LogP contribution in [0.25, 0.3) is 0 Å². The first-order valence-electron chi connectivity index (χ1n) is 6.38. The van der Waals surface area contributed by atoms with E-state index in [0.29, 0.717) is 16.3 Å². The van der Waals surface area contributed by atoms with Crippen molar-refractivity contribution in [1.29, 1.82) is 0 Å². The van der Waals surface area contributed by atoms with Crippen LogP contribution in [0.3, 0.4) is 0 Å². The van der Waals surface area contributed by atoms with Crippen LogP contribution in [0.4, 0.5) is 5.69 Å². The highest BCUT2D eigenvalue weighted by Crippen LogP contribution is 2.28. The highest BCUT2D eigenvalue weighted by molar-refractivity contribution is 6.32. The Morgan fingerprint density at radius 1 is 1.33 bits per heavy atom. The lowest BCUT2D eigenvalue weighted by molar-refractivity contribution is -0.384. The second-order valence-corrected chi connectivity index (χ2v) is 5.10. The van der Waals surface area contributed by atoms with Crippen molar-refractivity contribution in [3.8, 4) is 5.75 Å². The maximum absolute atomic E-state index is 10.7. The summed E-state index contributed by atoms with van der Waals surface area (Å²) in [6, 6.07) is 11.5. The Morgan fingerprint density at radius 2 is 2.10 bits per heavy atom. The lowest BCUT2D eigenvalue weighted by atomic mass is 10.1. The second-order valence-electron chi connectivity index (χ2n) is 4.69. The van der Waals surface area contributed by atoms with Crippen LogP contribution >= 0.6 is 11.6 Å². The van der Waals surface area contributed by atoms with E-state index in [-0.39, 0.29) is 18.3 Å². The number of nitrogens with two attached hydrogens (primary N) is 1. The molecule has 110 valence electrons. The third-order valence-corrected chi connectivity index (χ3v) is 3.29. The number of hydrogen-bond donors (Lipinski definition) is 1. The van der Waals surface area contributed by atoms with E-state index in [0.717, 1.165) is 5.56 Å². The molecule has 0 unspecified atom stereocenters. The molecule has 2 N–H and O–H groups in total. The summed E-state index contributed by atoms with van der Waals surface area (Å²) in [5, 5.41) is 11.2. The van der Waals surface area contributed by atoms with Gasteiger partial charge in [0.05, 0.1) is 9.95 Å². The van der Waals surface area contributed by atoms with Crippen molar-refractivity contribution in [1.82, 2.24) is 0 Å². The Hall–Kier alpha value is -2.11. The minimum atomic E-state index is -0.437. The molecule has 0 aliphatic heterocycles. The van der Waals surface area contributed by atoms with E-state index < -0.39 is 4.92 Å². The van der Waals surface area contributed by atoms with E-state index in [9.17, 15) is 10.1 Å². The Labute approximate surface area is 127 Å². The van der Waals surface area contributed by atoms with Gasteiger partial charge in [0.2, 0.25) is 0 Å². The topological polar surface area (TPSA) is 78.4 Å². The molecule has 2 rings (SSSR count). The number of rotatable bonds is 5. The molecule has 0 aromatic heterocycles. The summed E-state index contributed by atoms with van der Waals surface area (Å²) in [7, 11) is 0. The predicted molar refractivity (Wildman–Crippen MR) is 81.5 cm³/mol. The van der Waals surface area contributed by atoms with Crippen molar-refractivity contribution in [2.45, 2.75) is 19.6 Å². The molecule has 1 atom stereocenters. The van der Waals surface area contributed by atoms with E-state index in [1.165, 1.54) is 12.1 Å². The molecule has 5 nitrogen and oxygen atoms in total. The Bertz CT molecular complexity index is 659. The molecular formula is C15H15ClN2O3. The minimum absolute atomic E-state index is 0.0366. The smallest absolute Gasteiger partial charge is 0.269 e. The van der Waals surface area contributed by atoms with Crippen molar-refractivity contribution in [2.75, 3.05) is 0 Å². The molecule has 2 aromatic rings. The molecule has 0 fully saturated rings. The number of nitro benzene ring substituents is 1. The molecule has 0 bridgehead atoms. The molecule has 0 radical (unpaired) electrons. The number of nitrogens with zero attached hydrogens (tertiary/aromatic N) is 1. The zero-order valence-corrected chi connectivity index (χ0v) is 12.2. The maximum atomic E-state index is 10.7. The van der Waals surface area contributed by atoms with Crippen LogP contribution in [0.5, 0.6) is 5.75 Å². The Kier molecular flexibility index (Phi) is 4.77. The minimum Gasteiger partial charge on any atom is -0.487 e. The van der Waals surface area contributed by atoms with Gasteiger partial charge in [-0.2, -0.15) is 0 Å². The summed E-state index contributed by atoms with van der Waals surface area (Å²) in [5.74, 6) is 0.521. The predicted octanol–water partition coefficient (Wildman–Crippen LogP) is 3.85. The molecule has 0 spiro atoms.